The van der Waals surface area contributed by atoms with Crippen LogP contribution in [0.5, 0.6) is 11.5 Å². The Morgan fingerprint density at radius 2 is 1.76 bits per heavy atom. The van der Waals surface area contributed by atoms with Crippen molar-refractivity contribution in [2.75, 3.05) is 18.1 Å². The number of benzene rings is 3. The molecule has 1 heterocycles. The van der Waals surface area contributed by atoms with Crippen molar-refractivity contribution in [2.45, 2.75) is 33.7 Å². The summed E-state index contributed by atoms with van der Waals surface area (Å²) in [4.78, 5) is 28.1. The van der Waals surface area contributed by atoms with E-state index in [-0.39, 0.29) is 11.3 Å². The van der Waals surface area contributed by atoms with Crippen LogP contribution in [0.3, 0.4) is 0 Å². The van der Waals surface area contributed by atoms with Crippen LogP contribution in [-0.4, -0.2) is 30.0 Å². The zero-order valence-corrected chi connectivity index (χ0v) is 22.1. The highest BCUT2D eigenvalue weighted by molar-refractivity contribution is 6.51. The van der Waals surface area contributed by atoms with Gasteiger partial charge in [-0.15, -0.1) is 0 Å². The molecule has 3 aromatic rings. The quantitative estimate of drug-likeness (QED) is 0.203. The van der Waals surface area contributed by atoms with Gasteiger partial charge in [0.15, 0.2) is 0 Å². The predicted octanol–water partition coefficient (Wildman–Crippen LogP) is 6.71. The van der Waals surface area contributed by atoms with E-state index in [0.29, 0.717) is 52.5 Å². The van der Waals surface area contributed by atoms with Crippen molar-refractivity contribution in [3.05, 3.63) is 94.0 Å². The molecule has 6 nitrogen and oxygen atoms in total. The van der Waals surface area contributed by atoms with Gasteiger partial charge in [-0.2, -0.15) is 0 Å². The molecule has 192 valence electrons. The molecule has 4 rings (SSSR count). The van der Waals surface area contributed by atoms with Crippen LogP contribution >= 0.6 is 11.6 Å². The number of aryl methyl sites for hydroxylation is 1. The topological polar surface area (TPSA) is 76.1 Å². The zero-order chi connectivity index (χ0) is 26.7. The summed E-state index contributed by atoms with van der Waals surface area (Å²) >= 11 is 6.07. The number of aliphatic hydroxyl groups excluding tert-OH is 1. The Morgan fingerprint density at radius 1 is 1.03 bits per heavy atom. The lowest BCUT2D eigenvalue weighted by Crippen LogP contribution is -2.29. The van der Waals surface area contributed by atoms with Crippen LogP contribution in [0, 0.1) is 12.8 Å². The Labute approximate surface area is 222 Å². The maximum absolute atomic E-state index is 13.4. The van der Waals surface area contributed by atoms with Crippen LogP contribution in [0.15, 0.2) is 72.3 Å². The summed E-state index contributed by atoms with van der Waals surface area (Å²) in [6, 6.07) is 18.2. The first-order valence-electron chi connectivity index (χ1n) is 12.2. The van der Waals surface area contributed by atoms with Crippen LogP contribution in [0.25, 0.3) is 5.76 Å². The van der Waals surface area contributed by atoms with Crippen LogP contribution < -0.4 is 14.4 Å². The minimum atomic E-state index is -0.862. The summed E-state index contributed by atoms with van der Waals surface area (Å²) in [5.41, 5.74) is 2.37. The van der Waals surface area contributed by atoms with E-state index in [9.17, 15) is 14.7 Å². The van der Waals surface area contributed by atoms with Gasteiger partial charge in [0.25, 0.3) is 11.7 Å². The van der Waals surface area contributed by atoms with Crippen molar-refractivity contribution in [1.82, 2.24) is 0 Å². The second-order valence-electron chi connectivity index (χ2n) is 9.34. The molecule has 7 heteroatoms. The van der Waals surface area contributed by atoms with Crippen LogP contribution in [0.1, 0.15) is 43.5 Å². The number of halogens is 1. The molecule has 1 aliphatic rings. The van der Waals surface area contributed by atoms with Crippen molar-refractivity contribution in [2.24, 2.45) is 5.92 Å². The minimum Gasteiger partial charge on any atom is -0.507 e. The first-order chi connectivity index (χ1) is 17.7. The number of ether oxygens (including phenoxy) is 2. The number of nitrogens with zero attached hydrogens (tertiary/aromatic N) is 1. The fourth-order valence-electron chi connectivity index (χ4n) is 4.33. The SMILES string of the molecule is CCOc1cccc(C2/C(=C(\O)c3ccc(OCC(C)C)c(C)c3)C(=O)C(=O)N2c2ccc(Cl)cc2)c1. The smallest absolute Gasteiger partial charge is 0.300 e. The van der Waals surface area contributed by atoms with Gasteiger partial charge >= 0.3 is 0 Å². The summed E-state index contributed by atoms with van der Waals surface area (Å²) in [5, 5.41) is 11.9. The number of anilines is 1. The van der Waals surface area contributed by atoms with Gasteiger partial charge < -0.3 is 14.6 Å². The molecule has 1 amide bonds. The van der Waals surface area contributed by atoms with E-state index in [4.69, 9.17) is 21.1 Å². The third-order valence-corrected chi connectivity index (χ3v) is 6.31. The van der Waals surface area contributed by atoms with Gasteiger partial charge in [-0.25, -0.2) is 0 Å². The van der Waals surface area contributed by atoms with Crippen LogP contribution in [0.2, 0.25) is 5.02 Å². The molecule has 1 unspecified atom stereocenters. The van der Waals surface area contributed by atoms with Gasteiger partial charge in [-0.05, 0) is 85.5 Å². The van der Waals surface area contributed by atoms with E-state index in [2.05, 4.69) is 13.8 Å². The lowest BCUT2D eigenvalue weighted by molar-refractivity contribution is -0.132. The summed E-state index contributed by atoms with van der Waals surface area (Å²) in [6.45, 7) is 8.91. The Morgan fingerprint density at radius 3 is 2.41 bits per heavy atom. The molecule has 1 saturated heterocycles. The lowest BCUT2D eigenvalue weighted by Gasteiger charge is -2.26. The fraction of sp³-hybridized carbons (Fsp3) is 0.267. The summed E-state index contributed by atoms with van der Waals surface area (Å²) in [5.74, 6) is -0.0812. The van der Waals surface area contributed by atoms with Crippen molar-refractivity contribution in [1.29, 1.82) is 0 Å². The lowest BCUT2D eigenvalue weighted by atomic mass is 9.94. The molecule has 0 aromatic heterocycles. The van der Waals surface area contributed by atoms with E-state index in [1.165, 1.54) is 4.90 Å². The van der Waals surface area contributed by atoms with Crippen molar-refractivity contribution < 1.29 is 24.2 Å². The molecular formula is C30H30ClNO5. The molecule has 0 radical (unpaired) electrons. The number of amides is 1. The van der Waals surface area contributed by atoms with E-state index in [1.807, 2.05) is 19.9 Å². The number of ketones is 1. The Hall–Kier alpha value is -3.77. The van der Waals surface area contributed by atoms with Crippen LogP contribution in [-0.2, 0) is 9.59 Å². The average Bonchev–Trinajstić information content (AvgIpc) is 3.14. The van der Waals surface area contributed by atoms with Crippen LogP contribution in [0.4, 0.5) is 5.69 Å². The van der Waals surface area contributed by atoms with Gasteiger partial charge in [0.1, 0.15) is 17.3 Å². The molecule has 1 fully saturated rings. The third-order valence-electron chi connectivity index (χ3n) is 6.05. The number of aliphatic hydroxyl groups is 1. The highest BCUT2D eigenvalue weighted by Crippen LogP contribution is 2.43. The van der Waals surface area contributed by atoms with Gasteiger partial charge in [0.05, 0.1) is 24.8 Å². The van der Waals surface area contributed by atoms with Gasteiger partial charge in [-0.3, -0.25) is 14.5 Å². The molecule has 0 bridgehead atoms. The third kappa shape index (κ3) is 5.49. The predicted molar refractivity (Wildman–Crippen MR) is 145 cm³/mol. The molecule has 0 saturated carbocycles. The number of rotatable bonds is 8. The average molecular weight is 520 g/mol. The zero-order valence-electron chi connectivity index (χ0n) is 21.3. The first-order valence-corrected chi connectivity index (χ1v) is 12.6. The molecule has 37 heavy (non-hydrogen) atoms. The Bertz CT molecular complexity index is 1350. The number of carbonyl (C=O) groups excluding carboxylic acids is 2. The fourth-order valence-corrected chi connectivity index (χ4v) is 4.45. The highest BCUT2D eigenvalue weighted by atomic mass is 35.5. The minimum absolute atomic E-state index is 0.00356. The van der Waals surface area contributed by atoms with Gasteiger partial charge in [0.2, 0.25) is 0 Å². The van der Waals surface area contributed by atoms with E-state index in [0.717, 1.165) is 5.56 Å². The molecule has 1 aliphatic heterocycles. The summed E-state index contributed by atoms with van der Waals surface area (Å²) < 4.78 is 11.5. The number of Topliss-reactive ketones (excluding diaryl/α,β-unsaturated/α-hetero) is 1. The van der Waals surface area contributed by atoms with Gasteiger partial charge in [0, 0.05) is 16.3 Å². The van der Waals surface area contributed by atoms with E-state index >= 15 is 0 Å². The second kappa shape index (κ2) is 11.1. The maximum atomic E-state index is 13.4. The van der Waals surface area contributed by atoms with Crippen molar-refractivity contribution >= 4 is 34.7 Å². The van der Waals surface area contributed by atoms with Crippen molar-refractivity contribution in [3.63, 3.8) is 0 Å². The number of hydrogen-bond donors (Lipinski definition) is 1. The highest BCUT2D eigenvalue weighted by Gasteiger charge is 2.47. The summed E-state index contributed by atoms with van der Waals surface area (Å²) in [6.07, 6.45) is 0. The molecule has 1 atom stereocenters. The molecule has 0 aliphatic carbocycles. The standard InChI is InChI=1S/C30H30ClNO5/c1-5-36-24-8-6-7-20(16-24)27-26(29(34)30(35)32(27)23-12-10-22(31)11-13-23)28(33)21-9-14-25(19(4)15-21)37-17-18(2)3/h6-16,18,27,33H,5,17H2,1-4H3/b28-26+. The van der Waals surface area contributed by atoms with E-state index in [1.54, 1.807) is 60.7 Å². The van der Waals surface area contributed by atoms with E-state index < -0.39 is 17.7 Å². The molecular weight excluding hydrogens is 490 g/mol. The van der Waals surface area contributed by atoms with Gasteiger partial charge in [-0.1, -0.05) is 37.6 Å². The summed E-state index contributed by atoms with van der Waals surface area (Å²) in [7, 11) is 0. The first kappa shape index (κ1) is 26.3. The molecule has 1 N–H and O–H groups in total. The maximum Gasteiger partial charge on any atom is 0.300 e. The second-order valence-corrected chi connectivity index (χ2v) is 9.77. The monoisotopic (exact) mass is 519 g/mol. The largest absolute Gasteiger partial charge is 0.507 e. The Kier molecular flexibility index (Phi) is 7.89. The number of hydrogen-bond acceptors (Lipinski definition) is 5. The number of carbonyl (C=O) groups is 2. The normalized spacial score (nSPS) is 16.9. The molecule has 3 aromatic carbocycles. The van der Waals surface area contributed by atoms with Crippen molar-refractivity contribution in [3.8, 4) is 11.5 Å². The molecule has 0 spiro atoms. The Balaban J connectivity index is 1.86.